The van der Waals surface area contributed by atoms with Crippen molar-refractivity contribution in [2.75, 3.05) is 10.6 Å². The van der Waals surface area contributed by atoms with E-state index in [4.69, 9.17) is 16.3 Å². The molecular weight excluding hydrogens is 423 g/mol. The molecule has 0 unspecified atom stereocenters. The Bertz CT molecular complexity index is 1310. The van der Waals surface area contributed by atoms with Crippen molar-refractivity contribution in [1.82, 2.24) is 9.38 Å². The van der Waals surface area contributed by atoms with Gasteiger partial charge in [0, 0.05) is 23.6 Å². The van der Waals surface area contributed by atoms with E-state index in [2.05, 4.69) is 15.6 Å². The summed E-state index contributed by atoms with van der Waals surface area (Å²) in [6.45, 7) is 0.124. The number of hydrogen-bond acceptors (Lipinski definition) is 4. The zero-order valence-electron chi connectivity index (χ0n) is 16.0. The van der Waals surface area contributed by atoms with E-state index < -0.39 is 11.8 Å². The molecule has 0 bridgehead atoms. The summed E-state index contributed by atoms with van der Waals surface area (Å²) < 4.78 is 20.3. The molecule has 0 aliphatic heterocycles. The predicted molar refractivity (Wildman–Crippen MR) is 116 cm³/mol. The second-order valence-electron chi connectivity index (χ2n) is 6.54. The van der Waals surface area contributed by atoms with E-state index >= 15 is 0 Å². The standard InChI is InChI=1S/C22H16ClFN4O3/c23-18-11-15(6-9-19(18)24)27-22(30)26-14-4-7-17(8-5-14)31-13-16-12-21(29)28-10-2-1-3-20(28)25-16/h1-12H,13H2,(H2,26,27,30). The number of halogens is 2. The molecule has 2 N–H and O–H groups in total. The van der Waals surface area contributed by atoms with E-state index in [0.717, 1.165) is 0 Å². The number of carbonyl (C=O) groups excluding carboxylic acids is 1. The van der Waals surface area contributed by atoms with Gasteiger partial charge in [-0.25, -0.2) is 14.2 Å². The summed E-state index contributed by atoms with van der Waals surface area (Å²) in [5, 5.41) is 5.14. The fraction of sp³-hybridized carbons (Fsp3) is 0.0455. The number of nitrogens with zero attached hydrogens (tertiary/aromatic N) is 2. The summed E-state index contributed by atoms with van der Waals surface area (Å²) in [5.74, 6) is -0.0151. The molecule has 9 heteroatoms. The van der Waals surface area contributed by atoms with Crippen LogP contribution in [0, 0.1) is 5.82 Å². The van der Waals surface area contributed by atoms with Crippen LogP contribution in [0.4, 0.5) is 20.6 Å². The first-order valence-corrected chi connectivity index (χ1v) is 9.59. The summed E-state index contributed by atoms with van der Waals surface area (Å²) in [5.41, 5.74) is 1.76. The minimum atomic E-state index is -0.563. The minimum absolute atomic E-state index is 0.0806. The van der Waals surface area contributed by atoms with Crippen LogP contribution >= 0.6 is 11.6 Å². The fourth-order valence-corrected chi connectivity index (χ4v) is 3.02. The van der Waals surface area contributed by atoms with Gasteiger partial charge < -0.3 is 15.4 Å². The highest BCUT2D eigenvalue weighted by Gasteiger charge is 2.07. The number of rotatable bonds is 5. The minimum Gasteiger partial charge on any atom is -0.487 e. The third-order valence-corrected chi connectivity index (χ3v) is 4.59. The molecule has 0 saturated heterocycles. The van der Waals surface area contributed by atoms with Crippen molar-refractivity contribution in [2.24, 2.45) is 0 Å². The van der Waals surface area contributed by atoms with Gasteiger partial charge in [-0.2, -0.15) is 0 Å². The number of benzene rings is 2. The normalized spacial score (nSPS) is 10.6. The van der Waals surface area contributed by atoms with Crippen molar-refractivity contribution in [1.29, 1.82) is 0 Å². The second-order valence-corrected chi connectivity index (χ2v) is 6.94. The van der Waals surface area contributed by atoms with Gasteiger partial charge in [-0.15, -0.1) is 0 Å². The molecule has 7 nitrogen and oxygen atoms in total. The summed E-state index contributed by atoms with van der Waals surface area (Å²) >= 11 is 5.70. The molecule has 0 atom stereocenters. The Hall–Kier alpha value is -3.91. The number of hydrogen-bond donors (Lipinski definition) is 2. The first kappa shape index (κ1) is 20.4. The van der Waals surface area contributed by atoms with Crippen LogP contribution in [0.1, 0.15) is 5.69 Å². The smallest absolute Gasteiger partial charge is 0.323 e. The molecule has 31 heavy (non-hydrogen) atoms. The Morgan fingerprint density at radius 2 is 1.77 bits per heavy atom. The molecule has 4 rings (SSSR count). The summed E-state index contributed by atoms with van der Waals surface area (Å²) in [6, 6.07) is 16.8. The molecule has 0 radical (unpaired) electrons. The van der Waals surface area contributed by atoms with Crippen molar-refractivity contribution in [3.8, 4) is 5.75 Å². The molecule has 0 aliphatic rings. The third-order valence-electron chi connectivity index (χ3n) is 4.30. The number of urea groups is 1. The number of nitrogens with one attached hydrogen (secondary N) is 2. The molecule has 0 fully saturated rings. The Balaban J connectivity index is 1.35. The molecule has 0 saturated carbocycles. The highest BCUT2D eigenvalue weighted by molar-refractivity contribution is 6.31. The Labute approximate surface area is 181 Å². The largest absolute Gasteiger partial charge is 0.487 e. The van der Waals surface area contributed by atoms with Crippen molar-refractivity contribution in [3.05, 3.63) is 99.8 Å². The second kappa shape index (κ2) is 8.85. The maximum absolute atomic E-state index is 13.2. The average molecular weight is 439 g/mol. The molecule has 2 amide bonds. The maximum atomic E-state index is 13.2. The van der Waals surface area contributed by atoms with Crippen LogP contribution in [-0.2, 0) is 6.61 Å². The number of ether oxygens (including phenoxy) is 1. The van der Waals surface area contributed by atoms with Crippen molar-refractivity contribution in [3.63, 3.8) is 0 Å². The number of amides is 2. The molecule has 0 aliphatic carbocycles. The number of fused-ring (bicyclic) bond motifs is 1. The van der Waals surface area contributed by atoms with E-state index in [9.17, 15) is 14.0 Å². The monoisotopic (exact) mass is 438 g/mol. The first-order chi connectivity index (χ1) is 15.0. The van der Waals surface area contributed by atoms with E-state index in [1.54, 1.807) is 48.7 Å². The molecule has 2 aromatic carbocycles. The highest BCUT2D eigenvalue weighted by Crippen LogP contribution is 2.20. The molecular formula is C22H16ClFN4O3. The lowest BCUT2D eigenvalue weighted by Gasteiger charge is -2.10. The van der Waals surface area contributed by atoms with Gasteiger partial charge >= 0.3 is 6.03 Å². The van der Waals surface area contributed by atoms with Gasteiger partial charge in [0.25, 0.3) is 5.56 Å². The van der Waals surface area contributed by atoms with Crippen LogP contribution in [0.25, 0.3) is 5.65 Å². The lowest BCUT2D eigenvalue weighted by atomic mass is 10.3. The van der Waals surface area contributed by atoms with Crippen LogP contribution in [0.2, 0.25) is 5.02 Å². The summed E-state index contributed by atoms with van der Waals surface area (Å²) in [4.78, 5) is 28.6. The predicted octanol–water partition coefficient (Wildman–Crippen LogP) is 4.71. The molecule has 156 valence electrons. The Kier molecular flexibility index (Phi) is 5.81. The topological polar surface area (TPSA) is 84.7 Å². The van der Waals surface area contributed by atoms with Crippen LogP contribution < -0.4 is 20.9 Å². The van der Waals surface area contributed by atoms with Gasteiger partial charge in [-0.1, -0.05) is 17.7 Å². The van der Waals surface area contributed by atoms with Gasteiger partial charge in [-0.05, 0) is 54.6 Å². The Morgan fingerprint density at radius 1 is 1.03 bits per heavy atom. The molecule has 2 aromatic heterocycles. The van der Waals surface area contributed by atoms with E-state index in [-0.39, 0.29) is 17.2 Å². The average Bonchev–Trinajstić information content (AvgIpc) is 2.76. The fourth-order valence-electron chi connectivity index (χ4n) is 2.84. The zero-order chi connectivity index (χ0) is 21.8. The molecule has 0 spiro atoms. The lowest BCUT2D eigenvalue weighted by Crippen LogP contribution is -2.19. The third kappa shape index (κ3) is 4.99. The summed E-state index contributed by atoms with van der Waals surface area (Å²) in [7, 11) is 0. The number of aromatic nitrogens is 2. The van der Waals surface area contributed by atoms with Gasteiger partial charge in [0.05, 0.1) is 10.7 Å². The van der Waals surface area contributed by atoms with Crippen LogP contribution in [0.3, 0.4) is 0 Å². The number of carbonyl (C=O) groups is 1. The van der Waals surface area contributed by atoms with Gasteiger partial charge in [0.2, 0.25) is 0 Å². The molecule has 2 heterocycles. The number of anilines is 2. The molecule has 4 aromatic rings. The highest BCUT2D eigenvalue weighted by atomic mass is 35.5. The van der Waals surface area contributed by atoms with Gasteiger partial charge in [0.1, 0.15) is 23.8 Å². The number of pyridine rings is 1. The van der Waals surface area contributed by atoms with E-state index in [1.165, 1.54) is 28.7 Å². The van der Waals surface area contributed by atoms with E-state index in [1.807, 2.05) is 0 Å². The van der Waals surface area contributed by atoms with Crippen molar-refractivity contribution >= 4 is 34.7 Å². The van der Waals surface area contributed by atoms with Crippen molar-refractivity contribution < 1.29 is 13.9 Å². The SMILES string of the molecule is O=C(Nc1ccc(OCc2cc(=O)n3ccccc3n2)cc1)Nc1ccc(F)c(Cl)c1. The van der Waals surface area contributed by atoms with Gasteiger partial charge in [-0.3, -0.25) is 9.20 Å². The zero-order valence-corrected chi connectivity index (χ0v) is 16.8. The first-order valence-electron chi connectivity index (χ1n) is 9.21. The Morgan fingerprint density at radius 3 is 2.55 bits per heavy atom. The maximum Gasteiger partial charge on any atom is 0.323 e. The quantitative estimate of drug-likeness (QED) is 0.472. The van der Waals surface area contributed by atoms with Crippen molar-refractivity contribution in [2.45, 2.75) is 6.61 Å². The van der Waals surface area contributed by atoms with Crippen LogP contribution in [0.15, 0.2) is 77.7 Å². The summed E-state index contributed by atoms with van der Waals surface area (Å²) in [6.07, 6.45) is 1.65. The lowest BCUT2D eigenvalue weighted by molar-refractivity contribution is 0.262. The van der Waals surface area contributed by atoms with E-state index in [0.29, 0.717) is 28.5 Å². The van der Waals surface area contributed by atoms with Crippen LogP contribution in [0.5, 0.6) is 5.75 Å². The van der Waals surface area contributed by atoms with Gasteiger partial charge in [0.15, 0.2) is 0 Å². The van der Waals surface area contributed by atoms with Crippen LogP contribution in [-0.4, -0.2) is 15.4 Å².